The zero-order valence-electron chi connectivity index (χ0n) is 61.0. The lowest BCUT2D eigenvalue weighted by Gasteiger charge is -2.19. The highest BCUT2D eigenvalue weighted by atomic mass is 79.9. The number of ether oxygens (including phenoxy) is 5. The number of benzene rings is 4. The van der Waals surface area contributed by atoms with Gasteiger partial charge < -0.3 is 43.7 Å². The molecule has 0 atom stereocenters. The molecular weight excluding hydrogens is 1640 g/mol. The van der Waals surface area contributed by atoms with Crippen molar-refractivity contribution >= 4 is 161 Å². The minimum atomic E-state index is -0.676. The number of aromatic nitrogens is 10. The number of phenolic OH excluding ortho intramolecular Hbond substituents is 1. The maximum atomic E-state index is 13.3. The van der Waals surface area contributed by atoms with Crippen LogP contribution in [-0.2, 0) is 9.47 Å². The highest BCUT2D eigenvalue weighted by Crippen LogP contribution is 2.34. The molecule has 0 aliphatic rings. The number of pyridine rings is 5. The second-order valence-corrected chi connectivity index (χ2v) is 31.2. The first-order valence-electron chi connectivity index (χ1n) is 34.0. The Labute approximate surface area is 668 Å². The molecule has 0 fully saturated rings. The fourth-order valence-corrected chi connectivity index (χ4v) is 13.8. The summed E-state index contributed by atoms with van der Waals surface area (Å²) in [6, 6.07) is 46.5. The van der Waals surface area contributed by atoms with Crippen molar-refractivity contribution in [3.8, 4) is 43.9 Å². The number of halogens is 3. The van der Waals surface area contributed by atoms with Gasteiger partial charge in [-0.2, -0.15) is 0 Å². The van der Waals surface area contributed by atoms with E-state index in [4.69, 9.17) is 23.7 Å². The Balaban J connectivity index is 0.000000133. The van der Waals surface area contributed by atoms with Crippen LogP contribution < -0.4 is 14.2 Å². The Kier molecular flexibility index (Phi) is 24.3. The van der Waals surface area contributed by atoms with E-state index >= 15 is 0 Å². The molecule has 0 unspecified atom stereocenters. The van der Waals surface area contributed by atoms with Crippen molar-refractivity contribution in [2.24, 2.45) is 0 Å². The van der Waals surface area contributed by atoms with Crippen LogP contribution in [-0.4, -0.2) is 122 Å². The number of hydrogen-bond donors (Lipinski definition) is 4. The third-order valence-corrected chi connectivity index (χ3v) is 19.7. The average Bonchev–Trinajstić information content (AvgIpc) is 1.64. The van der Waals surface area contributed by atoms with E-state index in [1.54, 1.807) is 220 Å². The summed E-state index contributed by atoms with van der Waals surface area (Å²) in [6.07, 6.45) is 15.6. The van der Waals surface area contributed by atoms with E-state index in [0.29, 0.717) is 93.8 Å². The maximum absolute atomic E-state index is 13.3. The lowest BCUT2D eigenvalue weighted by Crippen LogP contribution is -2.27. The summed E-state index contributed by atoms with van der Waals surface area (Å²) in [4.78, 5) is 110. The van der Waals surface area contributed by atoms with E-state index in [0.717, 1.165) is 57.4 Å². The minimum absolute atomic E-state index is 0.0428. The molecular formula is C84H69Br3N10O12S2. The first-order chi connectivity index (χ1) is 53.2. The van der Waals surface area contributed by atoms with Gasteiger partial charge in [-0.1, -0.05) is 12.1 Å². The van der Waals surface area contributed by atoms with E-state index in [-0.39, 0.29) is 28.9 Å². The number of thiophene rings is 2. The van der Waals surface area contributed by atoms with Crippen molar-refractivity contribution in [3.63, 3.8) is 0 Å². The largest absolute Gasteiger partial charge is 0.508 e. The van der Waals surface area contributed by atoms with Gasteiger partial charge in [-0.3, -0.25) is 19.2 Å². The number of aromatic hydroxyl groups is 1. The van der Waals surface area contributed by atoms with Crippen LogP contribution in [0.15, 0.2) is 244 Å². The highest BCUT2D eigenvalue weighted by Gasteiger charge is 2.28. The number of rotatable bonds is 13. The number of ketones is 4. The number of fused-ring (bicyclic) bond motifs is 5. The summed E-state index contributed by atoms with van der Waals surface area (Å²) in [5.41, 5.74) is 7.67. The number of nitrogens with one attached hydrogen (secondary N) is 3. The lowest BCUT2D eigenvalue weighted by molar-refractivity contribution is 0.0532. The molecule has 111 heavy (non-hydrogen) atoms. The molecule has 0 saturated carbocycles. The van der Waals surface area contributed by atoms with Gasteiger partial charge in [-0.25, -0.2) is 43.6 Å². The highest BCUT2D eigenvalue weighted by molar-refractivity contribution is 9.11. The molecule has 4 N–H and O–H groups in total. The number of carbonyl (C=O) groups is 6. The van der Waals surface area contributed by atoms with E-state index < -0.39 is 23.4 Å². The van der Waals surface area contributed by atoms with Gasteiger partial charge in [0.2, 0.25) is 0 Å². The van der Waals surface area contributed by atoms with Crippen LogP contribution in [0.2, 0.25) is 0 Å². The zero-order valence-corrected chi connectivity index (χ0v) is 67.3. The molecule has 27 heteroatoms. The first-order valence-corrected chi connectivity index (χ1v) is 38.2. The molecule has 0 aliphatic heterocycles. The van der Waals surface area contributed by atoms with E-state index in [2.05, 4.69) is 87.7 Å². The second-order valence-electron chi connectivity index (χ2n) is 26.6. The van der Waals surface area contributed by atoms with Crippen LogP contribution in [0.4, 0.5) is 9.59 Å². The molecule has 4 aromatic carbocycles. The minimum Gasteiger partial charge on any atom is -0.508 e. The number of phenols is 1. The van der Waals surface area contributed by atoms with E-state index in [9.17, 15) is 33.9 Å². The molecule has 0 amide bonds. The standard InChI is InChI=1S/C24H22N2O4S.C20H19BrN2O4.C18H12N2O2S.C15H11BrN2O2.C7H5BrN2/c1-24(2,3)30-23(28)26-14-19(21(27)15-7-9-17(29-4)10-8-15)18-12-16(13-25-22(18)26)20-6-5-11-31-20;1-20(2,3)27-19(25)23-11-16(15-9-13(21)10-22-18(15)23)17(24)12-5-7-14(26-4)8-6-12;21-13-5-3-11(4-6-13)17(22)15-10-20-18-14(15)8-12(9-19-18)16-2-1-7-23-16;1-20-11-4-2-9(3-5-11)14(19)13-8-18-15-12(13)6-10(16)7-17-15;8-6-3-5-1-2-9-7(5)10-4-6/h5-14H,1-4H3;5-11H,1-4H3;1-10,21H,(H,19,20);2-8H,1H3,(H,17,18);1-4H,(H,9,10). The number of H-pyrrole nitrogens is 3. The Bertz CT molecular complexity index is 6060. The molecule has 0 bridgehead atoms. The van der Waals surface area contributed by atoms with Gasteiger partial charge in [0.15, 0.2) is 23.1 Å². The summed E-state index contributed by atoms with van der Waals surface area (Å²) in [7, 11) is 4.73. The van der Waals surface area contributed by atoms with Gasteiger partial charge >= 0.3 is 12.2 Å². The van der Waals surface area contributed by atoms with Crippen molar-refractivity contribution in [1.82, 2.24) is 49.0 Å². The van der Waals surface area contributed by atoms with Crippen molar-refractivity contribution < 1.29 is 57.6 Å². The molecule has 16 aromatic rings. The number of aromatic amines is 3. The normalized spacial score (nSPS) is 11.1. The molecule has 0 saturated heterocycles. The summed E-state index contributed by atoms with van der Waals surface area (Å²) >= 11 is 13.3. The summed E-state index contributed by atoms with van der Waals surface area (Å²) in [5.74, 6) is 1.62. The lowest BCUT2D eigenvalue weighted by atomic mass is 10.0. The Morgan fingerprint density at radius 3 is 1.21 bits per heavy atom. The third kappa shape index (κ3) is 18.8. The summed E-state index contributed by atoms with van der Waals surface area (Å²) in [5, 5.41) is 17.3. The molecule has 16 rings (SSSR count). The number of nitrogens with zero attached hydrogens (tertiary/aromatic N) is 7. The molecule has 22 nitrogen and oxygen atoms in total. The Morgan fingerprint density at radius 1 is 0.414 bits per heavy atom. The van der Waals surface area contributed by atoms with Crippen molar-refractivity contribution in [2.75, 3.05) is 21.3 Å². The van der Waals surface area contributed by atoms with E-state index in [1.165, 1.54) is 33.7 Å². The van der Waals surface area contributed by atoms with Gasteiger partial charge in [0.25, 0.3) is 0 Å². The first kappa shape index (κ1) is 78.6. The van der Waals surface area contributed by atoms with Gasteiger partial charge in [-0.15, -0.1) is 22.7 Å². The fraction of sp³-hybridized carbons (Fsp3) is 0.131. The smallest absolute Gasteiger partial charge is 0.420 e. The van der Waals surface area contributed by atoms with Crippen LogP contribution in [0.25, 0.3) is 76.0 Å². The summed E-state index contributed by atoms with van der Waals surface area (Å²) in [6.45, 7) is 10.7. The number of hydrogen-bond acceptors (Lipinski definition) is 19. The van der Waals surface area contributed by atoms with Crippen LogP contribution in [0, 0.1) is 0 Å². The Hall–Kier alpha value is -12.0. The second kappa shape index (κ2) is 34.3. The van der Waals surface area contributed by atoms with Crippen LogP contribution in [0.1, 0.15) is 105 Å². The zero-order chi connectivity index (χ0) is 78.8. The van der Waals surface area contributed by atoms with Gasteiger partial charge in [-0.05, 0) is 246 Å². The monoisotopic (exact) mass is 1710 g/mol. The molecule has 0 radical (unpaired) electrons. The van der Waals surface area contributed by atoms with Crippen molar-refractivity contribution in [2.45, 2.75) is 52.7 Å². The van der Waals surface area contributed by atoms with Gasteiger partial charge in [0, 0.05) is 157 Å². The predicted molar refractivity (Wildman–Crippen MR) is 442 cm³/mol. The van der Waals surface area contributed by atoms with Crippen molar-refractivity contribution in [1.29, 1.82) is 0 Å². The average molecular weight is 1710 g/mol. The number of methoxy groups -OCH3 is 3. The molecule has 560 valence electrons. The van der Waals surface area contributed by atoms with Crippen LogP contribution >= 0.6 is 70.5 Å². The summed E-state index contributed by atoms with van der Waals surface area (Å²) < 4.78 is 31.5. The van der Waals surface area contributed by atoms with Crippen LogP contribution in [0.3, 0.4) is 0 Å². The van der Waals surface area contributed by atoms with E-state index in [1.807, 2.05) is 71.6 Å². The van der Waals surface area contributed by atoms with Gasteiger partial charge in [0.05, 0.1) is 32.5 Å². The predicted octanol–water partition coefficient (Wildman–Crippen LogP) is 20.7. The maximum Gasteiger partial charge on any atom is 0.420 e. The molecule has 0 spiro atoms. The van der Waals surface area contributed by atoms with Gasteiger partial charge in [0.1, 0.15) is 62.4 Å². The molecule has 12 aromatic heterocycles. The SMILES string of the molecule is Brc1cnc2[nH]ccc2c1.COc1ccc(C(=O)c2c[nH]c3ncc(Br)cc23)cc1.COc1ccc(C(=O)c2cn(C(=O)OC(C)(C)C)c3ncc(-c4cccs4)cc23)cc1.COc1ccc(C(=O)c2cn(C(=O)OC(C)(C)C)c3ncc(Br)cc23)cc1.O=C(c1ccc(O)cc1)c1c[nH]c2ncc(-c3cccs3)cc12. The molecule has 0 aliphatic carbocycles. The third-order valence-electron chi connectivity index (χ3n) is 16.6. The topological polar surface area (TPSA) is 290 Å². The fourth-order valence-electron chi connectivity index (χ4n) is 11.3. The number of carbonyl (C=O) groups excluding carboxylic acids is 6. The Morgan fingerprint density at radius 2 is 0.775 bits per heavy atom. The van der Waals surface area contributed by atoms with Crippen molar-refractivity contribution in [3.05, 3.63) is 288 Å². The molecule has 12 heterocycles. The van der Waals surface area contributed by atoms with Crippen LogP contribution in [0.5, 0.6) is 23.0 Å². The quantitative estimate of drug-likeness (QED) is 0.0780.